The van der Waals surface area contributed by atoms with Crippen molar-refractivity contribution >= 4 is 0 Å². The van der Waals surface area contributed by atoms with Crippen LogP contribution in [0.5, 0.6) is 5.75 Å². The highest BCUT2D eigenvalue weighted by molar-refractivity contribution is 5.20. The molecule has 3 heteroatoms. The van der Waals surface area contributed by atoms with Crippen LogP contribution in [0.3, 0.4) is 0 Å². The van der Waals surface area contributed by atoms with Gasteiger partial charge >= 0.3 is 0 Å². The summed E-state index contributed by atoms with van der Waals surface area (Å²) < 4.78 is 16.5. The van der Waals surface area contributed by atoms with Gasteiger partial charge in [-0.05, 0) is 25.5 Å². The second kappa shape index (κ2) is 5.14. The molecule has 0 radical (unpaired) electrons. The third-order valence-electron chi connectivity index (χ3n) is 2.34. The van der Waals surface area contributed by atoms with E-state index in [-0.39, 0.29) is 12.4 Å². The van der Waals surface area contributed by atoms with E-state index in [1.165, 1.54) is 0 Å². The highest BCUT2D eigenvalue weighted by Gasteiger charge is 2.19. The summed E-state index contributed by atoms with van der Waals surface area (Å²) in [6.45, 7) is 3.26. The van der Waals surface area contributed by atoms with Crippen LogP contribution >= 0.6 is 0 Å². The molecule has 3 nitrogen and oxygen atoms in total. The second-order valence-electron chi connectivity index (χ2n) is 3.66. The third-order valence-corrected chi connectivity index (χ3v) is 2.34. The molecule has 1 aliphatic rings. The van der Waals surface area contributed by atoms with Crippen LogP contribution in [-0.4, -0.2) is 25.6 Å². The molecule has 1 aromatic rings. The van der Waals surface area contributed by atoms with Gasteiger partial charge < -0.3 is 14.2 Å². The van der Waals surface area contributed by atoms with Crippen LogP contribution in [0.15, 0.2) is 30.3 Å². The Bertz CT molecular complexity index is 286. The number of para-hydroxylation sites is 1. The zero-order valence-electron chi connectivity index (χ0n) is 8.89. The number of hydrogen-bond donors (Lipinski definition) is 0. The van der Waals surface area contributed by atoms with Gasteiger partial charge in [-0.2, -0.15) is 0 Å². The smallest absolute Gasteiger partial charge is 0.191 e. The summed E-state index contributed by atoms with van der Waals surface area (Å²) in [4.78, 5) is 0. The lowest BCUT2D eigenvalue weighted by molar-refractivity contribution is -0.218. The van der Waals surface area contributed by atoms with E-state index in [1.54, 1.807) is 0 Å². The molecule has 2 unspecified atom stereocenters. The van der Waals surface area contributed by atoms with Crippen LogP contribution in [0.2, 0.25) is 0 Å². The average molecular weight is 208 g/mol. The molecule has 0 aromatic heterocycles. The summed E-state index contributed by atoms with van der Waals surface area (Å²) in [7, 11) is 0. The van der Waals surface area contributed by atoms with Crippen LogP contribution in [0.1, 0.15) is 13.3 Å². The third kappa shape index (κ3) is 3.22. The van der Waals surface area contributed by atoms with Gasteiger partial charge in [-0.3, -0.25) is 0 Å². The van der Waals surface area contributed by atoms with Crippen molar-refractivity contribution in [2.24, 2.45) is 0 Å². The molecule has 1 heterocycles. The van der Waals surface area contributed by atoms with Gasteiger partial charge in [0.05, 0.1) is 12.7 Å². The van der Waals surface area contributed by atoms with Crippen molar-refractivity contribution in [2.75, 3.05) is 13.2 Å². The van der Waals surface area contributed by atoms with Crippen LogP contribution in [-0.2, 0) is 9.47 Å². The highest BCUT2D eigenvalue weighted by atomic mass is 16.7. The van der Waals surface area contributed by atoms with E-state index in [4.69, 9.17) is 14.2 Å². The van der Waals surface area contributed by atoms with Gasteiger partial charge in [0.15, 0.2) is 6.29 Å². The van der Waals surface area contributed by atoms with Crippen molar-refractivity contribution in [3.63, 3.8) is 0 Å². The Balaban J connectivity index is 1.78. The molecular weight excluding hydrogens is 192 g/mol. The standard InChI is InChI=1S/C12H16O3/c1-10-7-8-13-12(15-10)9-14-11-5-3-2-4-6-11/h2-6,10,12H,7-9H2,1H3. The van der Waals surface area contributed by atoms with E-state index >= 15 is 0 Å². The maximum absolute atomic E-state index is 5.56. The van der Waals surface area contributed by atoms with Crippen molar-refractivity contribution in [1.29, 1.82) is 0 Å². The van der Waals surface area contributed by atoms with Crippen molar-refractivity contribution in [3.05, 3.63) is 30.3 Å². The molecule has 0 spiro atoms. The number of rotatable bonds is 3. The van der Waals surface area contributed by atoms with Crippen LogP contribution in [0, 0.1) is 0 Å². The molecule has 82 valence electrons. The number of benzene rings is 1. The quantitative estimate of drug-likeness (QED) is 0.762. The fraction of sp³-hybridized carbons (Fsp3) is 0.500. The first-order valence-corrected chi connectivity index (χ1v) is 5.29. The van der Waals surface area contributed by atoms with E-state index in [1.807, 2.05) is 30.3 Å². The van der Waals surface area contributed by atoms with E-state index in [2.05, 4.69) is 6.92 Å². The summed E-state index contributed by atoms with van der Waals surface area (Å²) in [5.41, 5.74) is 0. The topological polar surface area (TPSA) is 27.7 Å². The SMILES string of the molecule is CC1CCOC(COc2ccccc2)O1. The van der Waals surface area contributed by atoms with Crippen LogP contribution in [0.4, 0.5) is 0 Å². The minimum absolute atomic E-state index is 0.228. The molecule has 0 amide bonds. The molecule has 2 rings (SSSR count). The molecule has 0 bridgehead atoms. The van der Waals surface area contributed by atoms with E-state index in [0.717, 1.165) is 18.8 Å². The highest BCUT2D eigenvalue weighted by Crippen LogP contribution is 2.14. The Morgan fingerprint density at radius 1 is 1.33 bits per heavy atom. The van der Waals surface area contributed by atoms with Crippen molar-refractivity contribution in [2.45, 2.75) is 25.7 Å². The van der Waals surface area contributed by atoms with E-state index < -0.39 is 0 Å². The summed E-state index contributed by atoms with van der Waals surface area (Å²) in [5, 5.41) is 0. The maximum atomic E-state index is 5.56. The van der Waals surface area contributed by atoms with Gasteiger partial charge in [0, 0.05) is 0 Å². The first-order valence-electron chi connectivity index (χ1n) is 5.29. The van der Waals surface area contributed by atoms with E-state index in [9.17, 15) is 0 Å². The molecule has 2 atom stereocenters. The predicted octanol–water partition coefficient (Wildman–Crippen LogP) is 2.22. The molecule has 0 saturated carbocycles. The van der Waals surface area contributed by atoms with Gasteiger partial charge in [0.2, 0.25) is 0 Å². The first kappa shape index (κ1) is 10.5. The van der Waals surface area contributed by atoms with Crippen molar-refractivity contribution in [1.82, 2.24) is 0 Å². The summed E-state index contributed by atoms with van der Waals surface area (Å²) in [6.07, 6.45) is 0.999. The van der Waals surface area contributed by atoms with Gasteiger partial charge in [0.25, 0.3) is 0 Å². The van der Waals surface area contributed by atoms with Crippen LogP contribution in [0.25, 0.3) is 0 Å². The first-order chi connectivity index (χ1) is 7.34. The Morgan fingerprint density at radius 2 is 2.13 bits per heavy atom. The zero-order chi connectivity index (χ0) is 10.5. The fourth-order valence-electron chi connectivity index (χ4n) is 1.50. The molecule has 0 aliphatic carbocycles. The Kier molecular flexibility index (Phi) is 3.59. The molecule has 1 fully saturated rings. The maximum Gasteiger partial charge on any atom is 0.191 e. The lowest BCUT2D eigenvalue weighted by Crippen LogP contribution is -2.34. The molecule has 1 aromatic carbocycles. The van der Waals surface area contributed by atoms with Crippen LogP contribution < -0.4 is 4.74 Å². The molecule has 0 N–H and O–H groups in total. The van der Waals surface area contributed by atoms with Gasteiger partial charge in [-0.1, -0.05) is 18.2 Å². The Morgan fingerprint density at radius 3 is 2.87 bits per heavy atom. The Hall–Kier alpha value is -1.06. The van der Waals surface area contributed by atoms with Crippen molar-refractivity contribution < 1.29 is 14.2 Å². The van der Waals surface area contributed by atoms with Gasteiger partial charge in [0.1, 0.15) is 12.4 Å². The van der Waals surface area contributed by atoms with Gasteiger partial charge in [-0.25, -0.2) is 0 Å². The monoisotopic (exact) mass is 208 g/mol. The molecular formula is C12H16O3. The lowest BCUT2D eigenvalue weighted by atomic mass is 10.3. The summed E-state index contributed by atoms with van der Waals surface area (Å²) in [5.74, 6) is 0.850. The summed E-state index contributed by atoms with van der Waals surface area (Å²) in [6, 6.07) is 9.70. The predicted molar refractivity (Wildman–Crippen MR) is 56.8 cm³/mol. The lowest BCUT2D eigenvalue weighted by Gasteiger charge is -2.27. The molecule has 15 heavy (non-hydrogen) atoms. The van der Waals surface area contributed by atoms with E-state index in [0.29, 0.717) is 6.61 Å². The molecule has 1 aliphatic heterocycles. The zero-order valence-corrected chi connectivity index (χ0v) is 8.89. The average Bonchev–Trinajstić information content (AvgIpc) is 2.28. The minimum Gasteiger partial charge on any atom is -0.488 e. The minimum atomic E-state index is -0.228. The second-order valence-corrected chi connectivity index (χ2v) is 3.66. The Labute approximate surface area is 90.0 Å². The molecule has 1 saturated heterocycles. The fourth-order valence-corrected chi connectivity index (χ4v) is 1.50. The number of ether oxygens (including phenoxy) is 3. The largest absolute Gasteiger partial charge is 0.488 e. The number of hydrogen-bond acceptors (Lipinski definition) is 3. The normalized spacial score (nSPS) is 26.2. The van der Waals surface area contributed by atoms with Crippen molar-refractivity contribution in [3.8, 4) is 5.75 Å². The van der Waals surface area contributed by atoms with Gasteiger partial charge in [-0.15, -0.1) is 0 Å². The summed E-state index contributed by atoms with van der Waals surface area (Å²) >= 11 is 0.